The van der Waals surface area contributed by atoms with Crippen LogP contribution < -0.4 is 25.7 Å². The molecule has 0 aliphatic heterocycles. The minimum absolute atomic E-state index is 0.149. The molecule has 0 spiro atoms. The van der Waals surface area contributed by atoms with Crippen molar-refractivity contribution in [3.8, 4) is 17.2 Å². The van der Waals surface area contributed by atoms with Gasteiger partial charge in [0.05, 0.1) is 12.8 Å². The number of rotatable bonds is 7. The van der Waals surface area contributed by atoms with Gasteiger partial charge in [0.25, 0.3) is 5.56 Å². The molecule has 1 amide bonds. The van der Waals surface area contributed by atoms with Gasteiger partial charge in [-0.05, 0) is 42.5 Å². The highest BCUT2D eigenvalue weighted by Crippen LogP contribution is 2.30. The molecule has 35 heavy (non-hydrogen) atoms. The van der Waals surface area contributed by atoms with Crippen LogP contribution in [0.4, 0.5) is 26.1 Å². The summed E-state index contributed by atoms with van der Waals surface area (Å²) in [6, 6.07) is 9.08. The second kappa shape index (κ2) is 9.59. The topological polar surface area (TPSA) is 107 Å². The number of carbonyl (C=O) groups excluding carboxylic acids is 1. The Morgan fingerprint density at radius 1 is 1.11 bits per heavy atom. The molecule has 4 aromatic rings. The van der Waals surface area contributed by atoms with Crippen molar-refractivity contribution in [3.05, 3.63) is 83.3 Å². The number of halogens is 2. The van der Waals surface area contributed by atoms with Gasteiger partial charge < -0.3 is 20.1 Å². The van der Waals surface area contributed by atoms with Crippen molar-refractivity contribution in [1.29, 1.82) is 0 Å². The predicted molar refractivity (Wildman–Crippen MR) is 126 cm³/mol. The number of ether oxygens (including phenoxy) is 2. The minimum atomic E-state index is -0.941. The van der Waals surface area contributed by atoms with Gasteiger partial charge in [-0.1, -0.05) is 6.58 Å². The van der Waals surface area contributed by atoms with Crippen molar-refractivity contribution in [2.75, 3.05) is 17.7 Å². The third kappa shape index (κ3) is 4.93. The molecule has 2 aromatic heterocycles. The molecule has 2 aromatic carbocycles. The Morgan fingerprint density at radius 2 is 1.89 bits per heavy atom. The third-order valence-corrected chi connectivity index (χ3v) is 4.93. The number of methoxy groups -OCH3 is 1. The van der Waals surface area contributed by atoms with Crippen LogP contribution in [-0.4, -0.2) is 27.6 Å². The van der Waals surface area contributed by atoms with Crippen LogP contribution in [0.5, 0.6) is 17.2 Å². The first kappa shape index (κ1) is 23.4. The summed E-state index contributed by atoms with van der Waals surface area (Å²) in [6.45, 7) is 3.42. The average Bonchev–Trinajstić information content (AvgIpc) is 2.84. The highest BCUT2D eigenvalue weighted by molar-refractivity contribution is 5.99. The SMILES string of the molecule is C=CC(=O)Nc1ccc(OC)c(Nc2ncc3cc(Oc4ccc(F)cc4F)c(=O)n(C)c3n2)c1. The zero-order valence-electron chi connectivity index (χ0n) is 18.6. The van der Waals surface area contributed by atoms with E-state index in [9.17, 15) is 18.4 Å². The number of aromatic nitrogens is 3. The normalized spacial score (nSPS) is 10.6. The van der Waals surface area contributed by atoms with Crippen LogP contribution in [-0.2, 0) is 11.8 Å². The second-order valence-electron chi connectivity index (χ2n) is 7.26. The number of benzene rings is 2. The Hall–Kier alpha value is -4.80. The quantitative estimate of drug-likeness (QED) is 0.381. The van der Waals surface area contributed by atoms with Gasteiger partial charge in [0.1, 0.15) is 17.2 Å². The van der Waals surface area contributed by atoms with Crippen molar-refractivity contribution in [3.63, 3.8) is 0 Å². The molecular weight excluding hydrogens is 460 g/mol. The van der Waals surface area contributed by atoms with Crippen LogP contribution in [0.3, 0.4) is 0 Å². The van der Waals surface area contributed by atoms with Crippen molar-refractivity contribution >= 4 is 34.3 Å². The molecule has 9 nitrogen and oxygen atoms in total. The lowest BCUT2D eigenvalue weighted by molar-refractivity contribution is -0.111. The number of hydrogen-bond donors (Lipinski definition) is 2. The van der Waals surface area contributed by atoms with Gasteiger partial charge >= 0.3 is 0 Å². The zero-order chi connectivity index (χ0) is 25.1. The van der Waals surface area contributed by atoms with Gasteiger partial charge in [0, 0.05) is 30.4 Å². The van der Waals surface area contributed by atoms with E-state index in [0.29, 0.717) is 28.6 Å². The molecule has 0 unspecified atom stereocenters. The fourth-order valence-corrected chi connectivity index (χ4v) is 3.22. The number of amides is 1. The van der Waals surface area contributed by atoms with E-state index < -0.39 is 17.2 Å². The van der Waals surface area contributed by atoms with Crippen molar-refractivity contribution in [2.45, 2.75) is 0 Å². The predicted octanol–water partition coefficient (Wildman–Crippen LogP) is 4.28. The molecule has 0 radical (unpaired) electrons. The number of aryl methyl sites for hydroxylation is 1. The van der Waals surface area contributed by atoms with E-state index in [1.807, 2.05) is 0 Å². The van der Waals surface area contributed by atoms with E-state index in [-0.39, 0.29) is 29.0 Å². The van der Waals surface area contributed by atoms with E-state index in [1.54, 1.807) is 18.2 Å². The smallest absolute Gasteiger partial charge is 0.294 e. The number of nitrogens with zero attached hydrogens (tertiary/aromatic N) is 3. The maximum Gasteiger partial charge on any atom is 0.294 e. The summed E-state index contributed by atoms with van der Waals surface area (Å²) in [6.07, 6.45) is 2.60. The number of pyridine rings is 1. The number of fused-ring (bicyclic) bond motifs is 1. The minimum Gasteiger partial charge on any atom is -0.495 e. The molecule has 2 heterocycles. The maximum atomic E-state index is 14.0. The molecule has 2 N–H and O–H groups in total. The first-order valence-electron chi connectivity index (χ1n) is 10.2. The first-order valence-corrected chi connectivity index (χ1v) is 10.2. The number of anilines is 3. The van der Waals surface area contributed by atoms with Crippen LogP contribution in [0.2, 0.25) is 0 Å². The lowest BCUT2D eigenvalue weighted by Gasteiger charge is -2.14. The van der Waals surface area contributed by atoms with Crippen molar-refractivity contribution < 1.29 is 23.0 Å². The van der Waals surface area contributed by atoms with Gasteiger partial charge in [0.15, 0.2) is 17.3 Å². The molecule has 178 valence electrons. The highest BCUT2D eigenvalue weighted by atomic mass is 19.1. The second-order valence-corrected chi connectivity index (χ2v) is 7.26. The standard InChI is InChI=1S/C24H19F2N5O4/c1-4-21(32)28-15-6-8-19(34-3)17(11-15)29-24-27-12-13-9-20(23(33)31(2)22(13)30-24)35-18-7-5-14(25)10-16(18)26/h4-12H,1H2,2-3H3,(H,28,32)(H,27,29,30). The number of carbonyl (C=O) groups is 1. The summed E-state index contributed by atoms with van der Waals surface area (Å²) in [5, 5.41) is 6.09. The zero-order valence-corrected chi connectivity index (χ0v) is 18.6. The molecule has 0 aliphatic rings. The van der Waals surface area contributed by atoms with Gasteiger partial charge in [-0.25, -0.2) is 13.8 Å². The third-order valence-electron chi connectivity index (χ3n) is 4.93. The fraction of sp³-hybridized carbons (Fsp3) is 0.0833. The Balaban J connectivity index is 1.68. The summed E-state index contributed by atoms with van der Waals surface area (Å²) in [4.78, 5) is 33.1. The fourth-order valence-electron chi connectivity index (χ4n) is 3.22. The largest absolute Gasteiger partial charge is 0.495 e. The molecule has 11 heteroatoms. The monoisotopic (exact) mass is 479 g/mol. The summed E-state index contributed by atoms with van der Waals surface area (Å²) >= 11 is 0. The van der Waals surface area contributed by atoms with Crippen molar-refractivity contribution in [2.24, 2.45) is 7.05 Å². The molecule has 0 atom stereocenters. The van der Waals surface area contributed by atoms with Crippen LogP contribution >= 0.6 is 0 Å². The molecule has 0 fully saturated rings. The molecular formula is C24H19F2N5O4. The van der Waals surface area contributed by atoms with E-state index >= 15 is 0 Å². The summed E-state index contributed by atoms with van der Waals surface area (Å²) in [5.74, 6) is -1.94. The lowest BCUT2D eigenvalue weighted by Crippen LogP contribution is -2.19. The van der Waals surface area contributed by atoms with E-state index in [4.69, 9.17) is 9.47 Å². The lowest BCUT2D eigenvalue weighted by atomic mass is 10.2. The van der Waals surface area contributed by atoms with Gasteiger partial charge in [0.2, 0.25) is 11.9 Å². The molecule has 0 aliphatic carbocycles. The van der Waals surface area contributed by atoms with Gasteiger partial charge in [-0.15, -0.1) is 0 Å². The van der Waals surface area contributed by atoms with E-state index in [2.05, 4.69) is 27.2 Å². The summed E-state index contributed by atoms with van der Waals surface area (Å²) in [7, 11) is 2.96. The summed E-state index contributed by atoms with van der Waals surface area (Å²) < 4.78 is 39.1. The molecule has 0 bridgehead atoms. The Labute approximate surface area is 197 Å². The van der Waals surface area contributed by atoms with Crippen LogP contribution in [0.1, 0.15) is 0 Å². The van der Waals surface area contributed by atoms with Gasteiger partial charge in [-0.2, -0.15) is 4.98 Å². The highest BCUT2D eigenvalue weighted by Gasteiger charge is 2.15. The summed E-state index contributed by atoms with van der Waals surface area (Å²) in [5.41, 5.74) is 0.638. The van der Waals surface area contributed by atoms with Crippen LogP contribution in [0, 0.1) is 11.6 Å². The van der Waals surface area contributed by atoms with Crippen molar-refractivity contribution in [1.82, 2.24) is 14.5 Å². The molecule has 0 saturated carbocycles. The molecule has 0 saturated heterocycles. The average molecular weight is 479 g/mol. The molecule has 4 rings (SSSR count). The maximum absolute atomic E-state index is 14.0. The Kier molecular flexibility index (Phi) is 6.40. The van der Waals surface area contributed by atoms with Crippen LogP contribution in [0.25, 0.3) is 11.0 Å². The number of nitrogens with one attached hydrogen (secondary N) is 2. The van der Waals surface area contributed by atoms with Gasteiger partial charge in [-0.3, -0.25) is 14.2 Å². The Morgan fingerprint density at radius 3 is 2.60 bits per heavy atom. The van der Waals surface area contributed by atoms with E-state index in [1.165, 1.54) is 31.0 Å². The Bertz CT molecular complexity index is 1520. The van der Waals surface area contributed by atoms with Crippen LogP contribution in [0.15, 0.2) is 66.1 Å². The number of hydrogen-bond acceptors (Lipinski definition) is 7. The van der Waals surface area contributed by atoms with E-state index in [0.717, 1.165) is 18.2 Å². The first-order chi connectivity index (χ1) is 16.8.